The van der Waals surface area contributed by atoms with Crippen LogP contribution in [0, 0.1) is 5.92 Å². The second kappa shape index (κ2) is 11.9. The summed E-state index contributed by atoms with van der Waals surface area (Å²) in [5, 5.41) is 6.95. The SMILES string of the molecule is CCOCCCN=C(NCCc1ccco1)NC1CCN(C(=O)C2CCCC2)C1. The Morgan fingerprint density at radius 3 is 2.97 bits per heavy atom. The molecule has 0 bridgehead atoms. The molecule has 2 N–H and O–H groups in total. The average molecular weight is 405 g/mol. The molecule has 1 unspecified atom stereocenters. The van der Waals surface area contributed by atoms with Crippen molar-refractivity contribution in [2.45, 2.75) is 57.9 Å². The van der Waals surface area contributed by atoms with Crippen LogP contribution < -0.4 is 10.6 Å². The van der Waals surface area contributed by atoms with Gasteiger partial charge in [0.05, 0.1) is 6.26 Å². The van der Waals surface area contributed by atoms with Gasteiger partial charge in [0.15, 0.2) is 5.96 Å². The zero-order valence-electron chi connectivity index (χ0n) is 17.7. The molecule has 1 aliphatic heterocycles. The third kappa shape index (κ3) is 7.07. The minimum Gasteiger partial charge on any atom is -0.469 e. The highest BCUT2D eigenvalue weighted by Crippen LogP contribution is 2.27. The summed E-state index contributed by atoms with van der Waals surface area (Å²) in [4.78, 5) is 19.4. The first kappa shape index (κ1) is 21.7. The van der Waals surface area contributed by atoms with Crippen molar-refractivity contribution in [1.29, 1.82) is 0 Å². The summed E-state index contributed by atoms with van der Waals surface area (Å²) in [5.41, 5.74) is 0. The number of likely N-dealkylation sites (tertiary alicyclic amines) is 1. The maximum atomic E-state index is 12.7. The molecular formula is C22H36N4O3. The number of amides is 1. The molecule has 0 aromatic carbocycles. The van der Waals surface area contributed by atoms with Crippen molar-refractivity contribution in [3.8, 4) is 0 Å². The van der Waals surface area contributed by atoms with Crippen molar-refractivity contribution in [3.05, 3.63) is 24.2 Å². The number of aliphatic imine (C=N–C) groups is 1. The van der Waals surface area contributed by atoms with Gasteiger partial charge in [-0.05, 0) is 44.7 Å². The van der Waals surface area contributed by atoms with Crippen LogP contribution in [0.1, 0.15) is 51.2 Å². The topological polar surface area (TPSA) is 79.1 Å². The molecule has 7 nitrogen and oxygen atoms in total. The predicted molar refractivity (Wildman–Crippen MR) is 114 cm³/mol. The van der Waals surface area contributed by atoms with Crippen molar-refractivity contribution >= 4 is 11.9 Å². The Balaban J connectivity index is 1.46. The summed E-state index contributed by atoms with van der Waals surface area (Å²) < 4.78 is 10.8. The lowest BCUT2D eigenvalue weighted by atomic mass is 10.1. The van der Waals surface area contributed by atoms with Crippen LogP contribution in [-0.2, 0) is 16.0 Å². The number of ether oxygens (including phenoxy) is 1. The highest BCUT2D eigenvalue weighted by atomic mass is 16.5. The quantitative estimate of drug-likeness (QED) is 0.356. The molecule has 1 amide bonds. The molecule has 162 valence electrons. The molecule has 1 saturated carbocycles. The molecule has 1 aromatic rings. The normalized spacial score (nSPS) is 20.4. The number of carbonyl (C=O) groups excluding carboxylic acids is 1. The van der Waals surface area contributed by atoms with Gasteiger partial charge in [-0.25, -0.2) is 0 Å². The lowest BCUT2D eigenvalue weighted by Crippen LogP contribution is -2.46. The molecule has 2 heterocycles. The van der Waals surface area contributed by atoms with Crippen LogP contribution in [0.2, 0.25) is 0 Å². The van der Waals surface area contributed by atoms with Gasteiger partial charge in [0.25, 0.3) is 0 Å². The van der Waals surface area contributed by atoms with Crippen LogP contribution in [-0.4, -0.2) is 62.2 Å². The van der Waals surface area contributed by atoms with Gasteiger partial charge < -0.3 is 24.7 Å². The standard InChI is InChI=1S/C22H36N4O3/c1-2-28-15-6-12-23-22(24-13-10-20-9-5-16-29-20)25-19-11-14-26(17-19)21(27)18-7-3-4-8-18/h5,9,16,18-19H,2-4,6-8,10-15,17H2,1H3,(H2,23,24,25). The lowest BCUT2D eigenvalue weighted by molar-refractivity contribution is -0.134. The maximum absolute atomic E-state index is 12.7. The fourth-order valence-corrected chi connectivity index (χ4v) is 4.12. The van der Waals surface area contributed by atoms with Crippen molar-refractivity contribution in [3.63, 3.8) is 0 Å². The first-order valence-electron chi connectivity index (χ1n) is 11.2. The monoisotopic (exact) mass is 404 g/mol. The number of furan rings is 1. The Morgan fingerprint density at radius 1 is 1.34 bits per heavy atom. The van der Waals surface area contributed by atoms with E-state index in [1.54, 1.807) is 6.26 Å². The number of carbonyl (C=O) groups is 1. The molecule has 7 heteroatoms. The zero-order valence-corrected chi connectivity index (χ0v) is 17.7. The van der Waals surface area contributed by atoms with E-state index in [-0.39, 0.29) is 12.0 Å². The molecule has 2 aliphatic rings. The first-order valence-corrected chi connectivity index (χ1v) is 11.2. The minimum absolute atomic E-state index is 0.252. The zero-order chi connectivity index (χ0) is 20.3. The van der Waals surface area contributed by atoms with Crippen molar-refractivity contribution in [2.24, 2.45) is 10.9 Å². The fraction of sp³-hybridized carbons (Fsp3) is 0.727. The number of rotatable bonds is 10. The van der Waals surface area contributed by atoms with E-state index < -0.39 is 0 Å². The molecule has 1 aromatic heterocycles. The number of hydrogen-bond acceptors (Lipinski definition) is 4. The van der Waals surface area contributed by atoms with E-state index in [9.17, 15) is 4.79 Å². The average Bonchev–Trinajstić information content (AvgIpc) is 3.49. The Labute approximate surface area is 174 Å². The van der Waals surface area contributed by atoms with Crippen LogP contribution in [0.25, 0.3) is 0 Å². The Kier molecular flexibility index (Phi) is 8.86. The first-order chi connectivity index (χ1) is 14.3. The Morgan fingerprint density at radius 2 is 2.21 bits per heavy atom. The van der Waals surface area contributed by atoms with Gasteiger partial charge >= 0.3 is 0 Å². The van der Waals surface area contributed by atoms with Crippen molar-refractivity contribution in [2.75, 3.05) is 39.4 Å². The van der Waals surface area contributed by atoms with E-state index in [1.165, 1.54) is 12.8 Å². The summed E-state index contributed by atoms with van der Waals surface area (Å²) >= 11 is 0. The second-order valence-corrected chi connectivity index (χ2v) is 7.93. The van der Waals surface area contributed by atoms with Crippen molar-refractivity contribution < 1.29 is 13.9 Å². The van der Waals surface area contributed by atoms with E-state index in [0.717, 1.165) is 76.7 Å². The van der Waals surface area contributed by atoms with E-state index in [4.69, 9.17) is 14.1 Å². The Hall–Kier alpha value is -2.02. The third-order valence-corrected chi connectivity index (χ3v) is 5.71. The van der Waals surface area contributed by atoms with Gasteiger partial charge in [0, 0.05) is 57.8 Å². The van der Waals surface area contributed by atoms with Crippen LogP contribution in [0.4, 0.5) is 0 Å². The van der Waals surface area contributed by atoms with Gasteiger partial charge in [0.1, 0.15) is 5.76 Å². The summed E-state index contributed by atoms with van der Waals surface area (Å²) in [5.74, 6) is 2.38. The molecule has 1 atom stereocenters. The highest BCUT2D eigenvalue weighted by Gasteiger charge is 2.32. The smallest absolute Gasteiger partial charge is 0.225 e. The van der Waals surface area contributed by atoms with E-state index in [2.05, 4.69) is 10.6 Å². The number of nitrogens with zero attached hydrogens (tertiary/aromatic N) is 2. The van der Waals surface area contributed by atoms with Crippen molar-refractivity contribution in [1.82, 2.24) is 15.5 Å². The molecule has 3 rings (SSSR count). The Bertz CT molecular complexity index is 626. The van der Waals surface area contributed by atoms with Gasteiger partial charge in [-0.2, -0.15) is 0 Å². The van der Waals surface area contributed by atoms with E-state index in [1.807, 2.05) is 24.0 Å². The fourth-order valence-electron chi connectivity index (χ4n) is 4.12. The lowest BCUT2D eigenvalue weighted by Gasteiger charge is -2.21. The van der Waals surface area contributed by atoms with Crippen LogP contribution >= 0.6 is 0 Å². The number of nitrogens with one attached hydrogen (secondary N) is 2. The molecule has 0 spiro atoms. The molecule has 0 radical (unpaired) electrons. The molecule has 1 saturated heterocycles. The second-order valence-electron chi connectivity index (χ2n) is 7.93. The summed E-state index contributed by atoms with van der Waals surface area (Å²) in [7, 11) is 0. The minimum atomic E-state index is 0.252. The maximum Gasteiger partial charge on any atom is 0.225 e. The van der Waals surface area contributed by atoms with Gasteiger partial charge in [-0.3, -0.25) is 9.79 Å². The van der Waals surface area contributed by atoms with Gasteiger partial charge in [-0.15, -0.1) is 0 Å². The molecule has 29 heavy (non-hydrogen) atoms. The number of guanidine groups is 1. The van der Waals surface area contributed by atoms with Crippen LogP contribution in [0.15, 0.2) is 27.8 Å². The molecular weight excluding hydrogens is 368 g/mol. The summed E-state index contributed by atoms with van der Waals surface area (Å²) in [6, 6.07) is 4.14. The van der Waals surface area contributed by atoms with Gasteiger partial charge in [0.2, 0.25) is 5.91 Å². The van der Waals surface area contributed by atoms with E-state index >= 15 is 0 Å². The van der Waals surface area contributed by atoms with Gasteiger partial charge in [-0.1, -0.05) is 12.8 Å². The van der Waals surface area contributed by atoms with Crippen LogP contribution in [0.5, 0.6) is 0 Å². The van der Waals surface area contributed by atoms with Crippen LogP contribution in [0.3, 0.4) is 0 Å². The third-order valence-electron chi connectivity index (χ3n) is 5.71. The highest BCUT2D eigenvalue weighted by molar-refractivity contribution is 5.81. The van der Waals surface area contributed by atoms with E-state index in [0.29, 0.717) is 12.5 Å². The summed E-state index contributed by atoms with van der Waals surface area (Å²) in [6.07, 6.45) is 8.90. The molecule has 2 fully saturated rings. The predicted octanol–water partition coefficient (Wildman–Crippen LogP) is 2.58. The largest absolute Gasteiger partial charge is 0.469 e. The summed E-state index contributed by atoms with van der Waals surface area (Å²) in [6.45, 7) is 6.56. The number of hydrogen-bond donors (Lipinski definition) is 2. The molecule has 1 aliphatic carbocycles.